The summed E-state index contributed by atoms with van der Waals surface area (Å²) in [7, 11) is 0. The molecule has 3 rings (SSSR count). The van der Waals surface area contributed by atoms with Gasteiger partial charge >= 0.3 is 241 Å². The van der Waals surface area contributed by atoms with Crippen molar-refractivity contribution >= 4 is 30.7 Å². The van der Waals surface area contributed by atoms with E-state index in [1.807, 2.05) is 65.8 Å². The molecular weight excluding hydrogens is 619 g/mol. The molecule has 0 heterocycles. The van der Waals surface area contributed by atoms with Crippen molar-refractivity contribution in [2.24, 2.45) is 0 Å². The van der Waals surface area contributed by atoms with Crippen molar-refractivity contribution in [3.8, 4) is 0 Å². The first-order chi connectivity index (χ1) is 16.8. The summed E-state index contributed by atoms with van der Waals surface area (Å²) in [5.74, 6) is 0. The predicted molar refractivity (Wildman–Crippen MR) is 144 cm³/mol. The van der Waals surface area contributed by atoms with Crippen LogP contribution in [0.1, 0.15) is 58.2 Å². The van der Waals surface area contributed by atoms with Crippen LogP contribution in [-0.2, 0) is 16.4 Å². The monoisotopic (exact) mass is 652 g/mol. The molecule has 1 N–H and O–H groups in total. The van der Waals surface area contributed by atoms with E-state index in [0.29, 0.717) is 7.02 Å². The van der Waals surface area contributed by atoms with Gasteiger partial charge < -0.3 is 7.43 Å². The van der Waals surface area contributed by atoms with Crippen LogP contribution in [0.5, 0.6) is 0 Å². The molecule has 0 aliphatic heterocycles. The Bertz CT molecular complexity index is 1150. The Balaban J connectivity index is 0.00000380. The van der Waals surface area contributed by atoms with Gasteiger partial charge in [-0.05, 0) is 0 Å². The van der Waals surface area contributed by atoms with Crippen molar-refractivity contribution in [3.05, 3.63) is 96.9 Å². The van der Waals surface area contributed by atoms with E-state index in [1.54, 1.807) is 24.3 Å². The summed E-state index contributed by atoms with van der Waals surface area (Å²) >= 11 is -3.51. The maximum atomic E-state index is 14.0. The van der Waals surface area contributed by atoms with E-state index in [1.165, 1.54) is 12.1 Å². The molecule has 1 nitrogen and oxygen atoms in total. The molecule has 0 bridgehead atoms. The van der Waals surface area contributed by atoms with Crippen LogP contribution in [0.4, 0.5) is 26.3 Å². The van der Waals surface area contributed by atoms with Crippen molar-refractivity contribution in [2.75, 3.05) is 0 Å². The van der Waals surface area contributed by atoms with Gasteiger partial charge in [0.05, 0.1) is 0 Å². The predicted octanol–water partition coefficient (Wildman–Crippen LogP) is 3.56. The fraction of sp³-hybridized carbons (Fsp3) is 0.367. The number of aliphatic hydroxyl groups is 1. The Morgan fingerprint density at radius 1 is 0.564 bits per heavy atom. The van der Waals surface area contributed by atoms with Gasteiger partial charge in [0.15, 0.2) is 0 Å². The van der Waals surface area contributed by atoms with Crippen molar-refractivity contribution in [1.82, 2.24) is 0 Å². The fourth-order valence-corrected chi connectivity index (χ4v) is 11.1. The summed E-state index contributed by atoms with van der Waals surface area (Å²) in [6, 6.07) is 19.3. The number of hydrogen-bond donors (Lipinski definition) is 1. The third-order valence-electron chi connectivity index (χ3n) is 6.34. The summed E-state index contributed by atoms with van der Waals surface area (Å²) < 4.78 is 85.0. The maximum absolute atomic E-state index is 14.0. The van der Waals surface area contributed by atoms with Crippen molar-refractivity contribution in [1.29, 1.82) is 0 Å². The fourth-order valence-electron chi connectivity index (χ4n) is 4.09. The molecule has 0 aromatic heterocycles. The molecule has 0 fully saturated rings. The quantitative estimate of drug-likeness (QED) is 0.260. The summed E-state index contributed by atoms with van der Waals surface area (Å²) in [5, 5.41) is 10.4. The molecule has 0 aliphatic carbocycles. The normalized spacial score (nSPS) is 13.1. The second kappa shape index (κ2) is 12.2. The van der Waals surface area contributed by atoms with Gasteiger partial charge in [0.25, 0.3) is 0 Å². The smallest absolute Gasteiger partial charge is 0.358 e. The molecular formula is C30H34F6LiOSb. The van der Waals surface area contributed by atoms with Gasteiger partial charge in [0, 0.05) is 0 Å². The maximum Gasteiger partial charge on any atom is 1.00 e. The minimum Gasteiger partial charge on any atom is -0.358 e. The molecule has 0 spiro atoms. The average Bonchev–Trinajstić information content (AvgIpc) is 2.77. The van der Waals surface area contributed by atoms with Crippen LogP contribution in [0.3, 0.4) is 0 Å². The molecule has 0 saturated heterocycles. The summed E-state index contributed by atoms with van der Waals surface area (Å²) in [5.41, 5.74) is -4.52. The number of benzene rings is 3. The molecule has 0 atom stereocenters. The first-order valence-electron chi connectivity index (χ1n) is 11.7. The number of hydrogen-bond acceptors (Lipinski definition) is 1. The van der Waals surface area contributed by atoms with Crippen molar-refractivity contribution in [3.63, 3.8) is 0 Å². The van der Waals surface area contributed by atoms with Gasteiger partial charge in [-0.25, -0.2) is 0 Å². The third-order valence-corrected chi connectivity index (χ3v) is 13.5. The molecule has 0 unspecified atom stereocenters. The summed E-state index contributed by atoms with van der Waals surface area (Å²) in [6.07, 6.45) is -11.9. The Morgan fingerprint density at radius 2 is 0.897 bits per heavy atom. The first kappa shape index (κ1) is 35.6. The standard InChI is InChI=1S/2C10H13.C9H5F6O.CH3.Li.Sb/c2*1-10(2,3)9-7-5-4-6-8-9;10-8(11,12)7(16,9(13,14)15)6-4-2-1-3-5-6;;;/h2*5-8H,1-3H3;1-4,16H;1H3;;/q;;;-1;+1;. The molecule has 0 amide bonds. The molecule has 0 aliphatic rings. The summed E-state index contributed by atoms with van der Waals surface area (Å²) in [6.45, 7) is 12.1. The van der Waals surface area contributed by atoms with Crippen LogP contribution in [-0.4, -0.2) is 37.7 Å². The topological polar surface area (TPSA) is 20.2 Å². The van der Waals surface area contributed by atoms with Gasteiger partial charge in [-0.1, -0.05) is 0 Å². The van der Waals surface area contributed by atoms with Crippen LogP contribution < -0.4 is 29.4 Å². The van der Waals surface area contributed by atoms with Gasteiger partial charge in [-0.15, -0.1) is 0 Å². The van der Waals surface area contributed by atoms with Crippen LogP contribution in [0.2, 0.25) is 0 Å². The largest absolute Gasteiger partial charge is 1.00 e. The average molecular weight is 653 g/mol. The Kier molecular flexibility index (Phi) is 11.2. The van der Waals surface area contributed by atoms with Gasteiger partial charge in [-0.2, -0.15) is 0 Å². The third kappa shape index (κ3) is 7.28. The van der Waals surface area contributed by atoms with Crippen molar-refractivity contribution in [2.45, 2.75) is 70.3 Å². The van der Waals surface area contributed by atoms with Crippen LogP contribution in [0, 0.1) is 7.43 Å². The molecule has 3 aromatic carbocycles. The Morgan fingerprint density at radius 3 is 1.21 bits per heavy atom. The first-order valence-corrected chi connectivity index (χ1v) is 15.6. The van der Waals surface area contributed by atoms with E-state index < -0.39 is 43.7 Å². The van der Waals surface area contributed by atoms with Crippen LogP contribution >= 0.6 is 0 Å². The Labute approximate surface area is 247 Å². The zero-order valence-corrected chi connectivity index (χ0v) is 26.1. The zero-order valence-electron chi connectivity index (χ0n) is 23.6. The van der Waals surface area contributed by atoms with Gasteiger partial charge in [0.1, 0.15) is 0 Å². The molecule has 0 radical (unpaired) electrons. The number of rotatable bonds is 4. The van der Waals surface area contributed by atoms with E-state index in [-0.39, 0.29) is 40.6 Å². The molecule has 208 valence electrons. The van der Waals surface area contributed by atoms with Gasteiger partial charge in [0.2, 0.25) is 0 Å². The minimum absolute atomic E-state index is 0. The number of alkyl halides is 6. The van der Waals surface area contributed by atoms with E-state index in [4.69, 9.17) is 0 Å². The van der Waals surface area contributed by atoms with Crippen LogP contribution in [0.25, 0.3) is 0 Å². The van der Waals surface area contributed by atoms with Crippen LogP contribution in [0.15, 0.2) is 72.8 Å². The molecule has 3 aromatic rings. The Hall–Kier alpha value is -1.38. The van der Waals surface area contributed by atoms with E-state index in [2.05, 4.69) is 0 Å². The van der Waals surface area contributed by atoms with E-state index in [0.717, 1.165) is 23.3 Å². The molecule has 39 heavy (non-hydrogen) atoms. The van der Waals surface area contributed by atoms with Gasteiger partial charge in [-0.3, -0.25) is 0 Å². The van der Waals surface area contributed by atoms with E-state index >= 15 is 0 Å². The van der Waals surface area contributed by atoms with E-state index in [9.17, 15) is 31.4 Å². The van der Waals surface area contributed by atoms with Crippen molar-refractivity contribution < 1.29 is 50.3 Å². The SMILES string of the molecule is CC(C)(C)c1cc[c]([Sb]([c]2ccc(C(C)(C)C)cc2)[c]2ccccc2C(O)(C(F)(F)F)C(F)(F)F)cc1.[CH3-].[Li+]. The second-order valence-corrected chi connectivity index (χ2v) is 17.4. The second-order valence-electron chi connectivity index (χ2n) is 11.2. The summed E-state index contributed by atoms with van der Waals surface area (Å²) in [4.78, 5) is 0. The number of halogens is 6. The minimum atomic E-state index is -5.96. The molecule has 9 heteroatoms. The molecule has 0 saturated carbocycles. The zero-order chi connectivity index (χ0) is 28.0.